The maximum atomic E-state index is 11.4. The van der Waals surface area contributed by atoms with Gasteiger partial charge in [0.25, 0.3) is 0 Å². The molecule has 4 nitrogen and oxygen atoms in total. The molecule has 0 radical (unpaired) electrons. The van der Waals surface area contributed by atoms with Gasteiger partial charge < -0.3 is 0 Å². The van der Waals surface area contributed by atoms with Crippen molar-refractivity contribution in [1.82, 2.24) is 9.97 Å². The average molecular weight is 301 g/mol. The number of rotatable bonds is 1. The van der Waals surface area contributed by atoms with Crippen molar-refractivity contribution in [2.75, 3.05) is 6.26 Å². The molecule has 0 atom stereocenters. The Labute approximate surface area is 102 Å². The highest BCUT2D eigenvalue weighted by Gasteiger charge is 2.13. The maximum absolute atomic E-state index is 11.4. The summed E-state index contributed by atoms with van der Waals surface area (Å²) in [4.78, 5) is 8.02. The predicted molar refractivity (Wildman–Crippen MR) is 65.1 cm³/mol. The number of halogens is 1. The Bertz CT molecular complexity index is 668. The van der Waals surface area contributed by atoms with Gasteiger partial charge in [0.1, 0.15) is 0 Å². The van der Waals surface area contributed by atoms with Gasteiger partial charge >= 0.3 is 0 Å². The summed E-state index contributed by atoms with van der Waals surface area (Å²) >= 11 is 3.35. The normalized spacial score (nSPS) is 11.9. The minimum absolute atomic E-state index is 0.125. The second-order valence-corrected chi connectivity index (χ2v) is 6.35. The Morgan fingerprint density at radius 3 is 2.56 bits per heavy atom. The zero-order valence-electron chi connectivity index (χ0n) is 8.73. The summed E-state index contributed by atoms with van der Waals surface area (Å²) in [6.45, 7) is 1.77. The van der Waals surface area contributed by atoms with Crippen molar-refractivity contribution >= 4 is 36.7 Å². The largest absolute Gasteiger partial charge is 0.247 e. The van der Waals surface area contributed by atoms with Gasteiger partial charge in [-0.05, 0) is 25.1 Å². The molecule has 0 unspecified atom stereocenters. The van der Waals surface area contributed by atoms with Crippen molar-refractivity contribution in [3.8, 4) is 0 Å². The summed E-state index contributed by atoms with van der Waals surface area (Å²) in [5.41, 5.74) is 1.29. The molecule has 2 aromatic rings. The van der Waals surface area contributed by atoms with E-state index < -0.39 is 9.84 Å². The lowest BCUT2D eigenvalue weighted by Crippen LogP contribution is -2.05. The Hall–Kier alpha value is -1.01. The third-order valence-corrected chi connectivity index (χ3v) is 3.50. The maximum Gasteiger partial charge on any atom is 0.247 e. The molecule has 84 valence electrons. The molecule has 6 heteroatoms. The van der Waals surface area contributed by atoms with Crippen LogP contribution in [-0.4, -0.2) is 24.6 Å². The first kappa shape index (κ1) is 11.5. The number of hydrogen-bond acceptors (Lipinski definition) is 4. The van der Waals surface area contributed by atoms with E-state index in [0.29, 0.717) is 11.2 Å². The van der Waals surface area contributed by atoms with E-state index in [0.717, 1.165) is 16.1 Å². The molecular formula is C10H9BrN2O2S. The van der Waals surface area contributed by atoms with Gasteiger partial charge in [0.2, 0.25) is 15.0 Å². The third-order valence-electron chi connectivity index (χ3n) is 2.16. The van der Waals surface area contributed by atoms with Crippen LogP contribution in [0.4, 0.5) is 0 Å². The van der Waals surface area contributed by atoms with Crippen LogP contribution in [0.25, 0.3) is 10.9 Å². The Morgan fingerprint density at radius 2 is 1.94 bits per heavy atom. The van der Waals surface area contributed by atoms with Crippen LogP contribution in [0.1, 0.15) is 5.69 Å². The fraction of sp³-hybridized carbons (Fsp3) is 0.200. The molecule has 0 aliphatic carbocycles. The van der Waals surface area contributed by atoms with E-state index >= 15 is 0 Å². The molecule has 0 aliphatic rings. The summed E-state index contributed by atoms with van der Waals surface area (Å²) in [6.07, 6.45) is 1.10. The second kappa shape index (κ2) is 3.78. The van der Waals surface area contributed by atoms with E-state index in [9.17, 15) is 8.42 Å². The van der Waals surface area contributed by atoms with E-state index in [1.54, 1.807) is 13.0 Å². The number of sulfone groups is 1. The Kier molecular flexibility index (Phi) is 2.71. The predicted octanol–water partition coefficient (Wildman–Crippen LogP) is 2.10. The van der Waals surface area contributed by atoms with Gasteiger partial charge in [0.05, 0.1) is 5.52 Å². The first-order valence-electron chi connectivity index (χ1n) is 4.52. The molecule has 0 bridgehead atoms. The van der Waals surface area contributed by atoms with Crippen LogP contribution >= 0.6 is 15.9 Å². The lowest BCUT2D eigenvalue weighted by atomic mass is 10.2. The zero-order valence-corrected chi connectivity index (χ0v) is 11.1. The van der Waals surface area contributed by atoms with E-state index in [1.165, 1.54) is 0 Å². The van der Waals surface area contributed by atoms with Crippen LogP contribution < -0.4 is 0 Å². The first-order chi connectivity index (χ1) is 7.38. The van der Waals surface area contributed by atoms with E-state index in [4.69, 9.17) is 0 Å². The fourth-order valence-electron chi connectivity index (χ4n) is 1.39. The van der Waals surface area contributed by atoms with Crippen molar-refractivity contribution in [2.24, 2.45) is 0 Å². The lowest BCUT2D eigenvalue weighted by Gasteiger charge is -2.04. The molecule has 1 heterocycles. The number of aromatic nitrogens is 2. The Balaban J connectivity index is 2.84. The summed E-state index contributed by atoms with van der Waals surface area (Å²) in [7, 11) is -3.36. The van der Waals surface area contributed by atoms with Gasteiger partial charge in [0.15, 0.2) is 0 Å². The van der Waals surface area contributed by atoms with Crippen LogP contribution in [0, 0.1) is 6.92 Å². The highest BCUT2D eigenvalue weighted by molar-refractivity contribution is 9.10. The van der Waals surface area contributed by atoms with Gasteiger partial charge in [0, 0.05) is 21.8 Å². The summed E-state index contributed by atoms with van der Waals surface area (Å²) in [5.74, 6) is 0. The lowest BCUT2D eigenvalue weighted by molar-refractivity contribution is 0.593. The number of hydrogen-bond donors (Lipinski definition) is 0. The highest BCUT2D eigenvalue weighted by atomic mass is 79.9. The molecule has 1 aromatic heterocycles. The topological polar surface area (TPSA) is 59.9 Å². The Morgan fingerprint density at radius 1 is 1.25 bits per heavy atom. The molecule has 1 aromatic carbocycles. The van der Waals surface area contributed by atoms with Crippen LogP contribution in [0.15, 0.2) is 27.8 Å². The highest BCUT2D eigenvalue weighted by Crippen LogP contribution is 2.21. The molecule has 0 N–H and O–H groups in total. The monoisotopic (exact) mass is 300 g/mol. The van der Waals surface area contributed by atoms with Crippen molar-refractivity contribution in [3.05, 3.63) is 28.4 Å². The zero-order chi connectivity index (χ0) is 11.9. The van der Waals surface area contributed by atoms with Crippen molar-refractivity contribution in [1.29, 1.82) is 0 Å². The summed E-state index contributed by atoms with van der Waals surface area (Å²) in [6, 6.07) is 5.46. The van der Waals surface area contributed by atoms with Gasteiger partial charge in [-0.2, -0.15) is 0 Å². The first-order valence-corrected chi connectivity index (χ1v) is 7.20. The molecule has 0 fully saturated rings. The van der Waals surface area contributed by atoms with Crippen LogP contribution in [0.3, 0.4) is 0 Å². The number of aryl methyl sites for hydroxylation is 1. The number of fused-ring (bicyclic) bond motifs is 1. The van der Waals surface area contributed by atoms with E-state index in [-0.39, 0.29) is 5.16 Å². The second-order valence-electron chi connectivity index (χ2n) is 3.53. The standard InChI is InChI=1S/C10H9BrN2O2S/c1-6-8-5-7(11)3-4-9(8)13-10(12-6)16(2,14)15/h3-5H,1-2H3. The van der Waals surface area contributed by atoms with Crippen molar-refractivity contribution in [3.63, 3.8) is 0 Å². The fourth-order valence-corrected chi connectivity index (χ4v) is 2.32. The quantitative estimate of drug-likeness (QED) is 0.757. The van der Waals surface area contributed by atoms with E-state index in [2.05, 4.69) is 25.9 Å². The minimum Gasteiger partial charge on any atom is -0.223 e. The third kappa shape index (κ3) is 2.08. The molecule has 0 aliphatic heterocycles. The molecule has 0 saturated carbocycles. The van der Waals surface area contributed by atoms with Crippen LogP contribution in [0.5, 0.6) is 0 Å². The van der Waals surface area contributed by atoms with Crippen molar-refractivity contribution in [2.45, 2.75) is 12.1 Å². The van der Waals surface area contributed by atoms with Gasteiger partial charge in [-0.15, -0.1) is 0 Å². The van der Waals surface area contributed by atoms with Gasteiger partial charge in [-0.3, -0.25) is 0 Å². The molecule has 0 spiro atoms. The van der Waals surface area contributed by atoms with Crippen LogP contribution in [-0.2, 0) is 9.84 Å². The minimum atomic E-state index is -3.36. The molecule has 0 amide bonds. The average Bonchev–Trinajstić information content (AvgIpc) is 2.17. The summed E-state index contributed by atoms with van der Waals surface area (Å²) < 4.78 is 23.6. The summed E-state index contributed by atoms with van der Waals surface area (Å²) in [5, 5.41) is 0.724. The molecular weight excluding hydrogens is 292 g/mol. The molecule has 16 heavy (non-hydrogen) atoms. The number of nitrogens with zero attached hydrogens (tertiary/aromatic N) is 2. The smallest absolute Gasteiger partial charge is 0.223 e. The van der Waals surface area contributed by atoms with Gasteiger partial charge in [-0.1, -0.05) is 15.9 Å². The van der Waals surface area contributed by atoms with Gasteiger partial charge in [-0.25, -0.2) is 18.4 Å². The van der Waals surface area contributed by atoms with Crippen molar-refractivity contribution < 1.29 is 8.42 Å². The molecule has 2 rings (SSSR count). The molecule has 0 saturated heterocycles. The SMILES string of the molecule is Cc1nc(S(C)(=O)=O)nc2ccc(Br)cc12. The number of benzene rings is 1. The van der Waals surface area contributed by atoms with Crippen LogP contribution in [0.2, 0.25) is 0 Å². The van der Waals surface area contributed by atoms with E-state index in [1.807, 2.05) is 12.1 Å².